The van der Waals surface area contributed by atoms with Crippen LogP contribution in [-0.2, 0) is 9.53 Å². The SMILES string of the molecule is NCC1(C(=O)NC2CCCOc3ccccc32)CCOCC1. The van der Waals surface area contributed by atoms with Gasteiger partial charge in [0.05, 0.1) is 18.1 Å². The van der Waals surface area contributed by atoms with Gasteiger partial charge in [-0.05, 0) is 31.7 Å². The van der Waals surface area contributed by atoms with Gasteiger partial charge in [0.2, 0.25) is 5.91 Å². The van der Waals surface area contributed by atoms with Gasteiger partial charge < -0.3 is 20.5 Å². The number of para-hydroxylation sites is 1. The summed E-state index contributed by atoms with van der Waals surface area (Å²) in [6.07, 6.45) is 3.21. The highest BCUT2D eigenvalue weighted by molar-refractivity contribution is 5.83. The number of rotatable bonds is 3. The third-order valence-electron chi connectivity index (χ3n) is 4.82. The van der Waals surface area contributed by atoms with Crippen LogP contribution in [-0.4, -0.2) is 32.3 Å². The van der Waals surface area contributed by atoms with Crippen molar-refractivity contribution in [1.82, 2.24) is 5.32 Å². The lowest BCUT2D eigenvalue weighted by Gasteiger charge is -2.36. The van der Waals surface area contributed by atoms with Gasteiger partial charge in [-0.15, -0.1) is 0 Å². The molecule has 1 aromatic carbocycles. The normalized spacial score (nSPS) is 23.8. The largest absolute Gasteiger partial charge is 0.493 e. The van der Waals surface area contributed by atoms with Gasteiger partial charge in [-0.2, -0.15) is 0 Å². The molecule has 2 aliphatic rings. The van der Waals surface area contributed by atoms with E-state index in [0.29, 0.717) is 39.2 Å². The minimum Gasteiger partial charge on any atom is -0.493 e. The summed E-state index contributed by atoms with van der Waals surface area (Å²) >= 11 is 0. The molecule has 120 valence electrons. The van der Waals surface area contributed by atoms with Crippen LogP contribution in [0, 0.1) is 5.41 Å². The second-order valence-corrected chi connectivity index (χ2v) is 6.15. The molecule has 5 heteroatoms. The van der Waals surface area contributed by atoms with Crippen LogP contribution in [0.15, 0.2) is 24.3 Å². The molecule has 0 bridgehead atoms. The fraction of sp³-hybridized carbons (Fsp3) is 0.588. The number of amides is 1. The number of carbonyl (C=O) groups is 1. The first-order valence-corrected chi connectivity index (χ1v) is 8.06. The Morgan fingerprint density at radius 2 is 2.05 bits per heavy atom. The number of ether oxygens (including phenoxy) is 2. The van der Waals surface area contributed by atoms with Crippen molar-refractivity contribution in [2.75, 3.05) is 26.4 Å². The van der Waals surface area contributed by atoms with E-state index in [1.165, 1.54) is 0 Å². The Hall–Kier alpha value is -1.59. The molecule has 3 N–H and O–H groups in total. The molecular weight excluding hydrogens is 280 g/mol. The third-order valence-corrected chi connectivity index (χ3v) is 4.82. The van der Waals surface area contributed by atoms with Crippen LogP contribution in [0.4, 0.5) is 0 Å². The van der Waals surface area contributed by atoms with E-state index < -0.39 is 5.41 Å². The molecule has 0 spiro atoms. The summed E-state index contributed by atoms with van der Waals surface area (Å²) in [6, 6.07) is 7.94. The smallest absolute Gasteiger partial charge is 0.228 e. The number of benzene rings is 1. The van der Waals surface area contributed by atoms with E-state index in [1.54, 1.807) is 0 Å². The zero-order chi connectivity index (χ0) is 15.4. The molecule has 1 unspecified atom stereocenters. The average Bonchev–Trinajstić information content (AvgIpc) is 2.78. The molecule has 2 heterocycles. The van der Waals surface area contributed by atoms with Crippen molar-refractivity contribution < 1.29 is 14.3 Å². The minimum absolute atomic E-state index is 0.00234. The second kappa shape index (κ2) is 6.67. The highest BCUT2D eigenvalue weighted by atomic mass is 16.5. The van der Waals surface area contributed by atoms with Crippen molar-refractivity contribution in [3.63, 3.8) is 0 Å². The zero-order valence-corrected chi connectivity index (χ0v) is 12.8. The van der Waals surface area contributed by atoms with Crippen LogP contribution in [0.1, 0.15) is 37.3 Å². The molecule has 1 saturated heterocycles. The molecule has 0 aromatic heterocycles. The molecule has 0 radical (unpaired) electrons. The van der Waals surface area contributed by atoms with Crippen molar-refractivity contribution in [2.24, 2.45) is 11.1 Å². The predicted octanol–water partition coefficient (Wildman–Crippen LogP) is 1.77. The highest BCUT2D eigenvalue weighted by Gasteiger charge is 2.40. The second-order valence-electron chi connectivity index (χ2n) is 6.15. The van der Waals surface area contributed by atoms with E-state index in [2.05, 4.69) is 5.32 Å². The maximum absolute atomic E-state index is 12.9. The molecule has 3 rings (SSSR count). The van der Waals surface area contributed by atoms with Gasteiger partial charge >= 0.3 is 0 Å². The molecule has 1 atom stereocenters. The highest BCUT2D eigenvalue weighted by Crippen LogP contribution is 2.34. The molecular formula is C17H24N2O3. The molecule has 5 nitrogen and oxygen atoms in total. The van der Waals surface area contributed by atoms with Crippen LogP contribution < -0.4 is 15.8 Å². The first-order chi connectivity index (χ1) is 10.7. The Bertz CT molecular complexity index is 526. The maximum Gasteiger partial charge on any atom is 0.228 e. The zero-order valence-electron chi connectivity index (χ0n) is 12.8. The lowest BCUT2D eigenvalue weighted by Crippen LogP contribution is -2.50. The summed E-state index contributed by atoms with van der Waals surface area (Å²) in [5.41, 5.74) is 6.51. The van der Waals surface area contributed by atoms with E-state index in [9.17, 15) is 4.79 Å². The summed E-state index contributed by atoms with van der Waals surface area (Å²) in [5.74, 6) is 0.930. The first kappa shape index (κ1) is 15.3. The van der Waals surface area contributed by atoms with Crippen LogP contribution in [0.5, 0.6) is 5.75 Å². The van der Waals surface area contributed by atoms with Crippen LogP contribution in [0.2, 0.25) is 0 Å². The molecule has 22 heavy (non-hydrogen) atoms. The topological polar surface area (TPSA) is 73.6 Å². The minimum atomic E-state index is -0.486. The first-order valence-electron chi connectivity index (χ1n) is 8.06. The van der Waals surface area contributed by atoms with E-state index >= 15 is 0 Å². The van der Waals surface area contributed by atoms with Gasteiger partial charge in [-0.1, -0.05) is 18.2 Å². The van der Waals surface area contributed by atoms with Gasteiger partial charge in [0.25, 0.3) is 0 Å². The number of carbonyl (C=O) groups excluding carboxylic acids is 1. The summed E-state index contributed by atoms with van der Waals surface area (Å²) < 4.78 is 11.1. The monoisotopic (exact) mass is 304 g/mol. The van der Waals surface area contributed by atoms with Gasteiger partial charge in [0, 0.05) is 25.3 Å². The maximum atomic E-state index is 12.9. The number of nitrogens with two attached hydrogens (primary N) is 1. The van der Waals surface area contributed by atoms with Crippen molar-refractivity contribution >= 4 is 5.91 Å². The van der Waals surface area contributed by atoms with E-state index in [1.807, 2.05) is 24.3 Å². The molecule has 0 saturated carbocycles. The molecule has 2 aliphatic heterocycles. The Labute approximate surface area is 131 Å². The number of fused-ring (bicyclic) bond motifs is 1. The lowest BCUT2D eigenvalue weighted by molar-refractivity contribution is -0.136. The van der Waals surface area contributed by atoms with Crippen LogP contribution >= 0.6 is 0 Å². The molecule has 1 amide bonds. The van der Waals surface area contributed by atoms with Crippen LogP contribution in [0.3, 0.4) is 0 Å². The molecule has 1 fully saturated rings. The van der Waals surface area contributed by atoms with Gasteiger partial charge in [0.1, 0.15) is 5.75 Å². The Balaban J connectivity index is 1.78. The van der Waals surface area contributed by atoms with Gasteiger partial charge in [0.15, 0.2) is 0 Å². The van der Waals surface area contributed by atoms with Crippen LogP contribution in [0.25, 0.3) is 0 Å². The molecule has 0 aliphatic carbocycles. The average molecular weight is 304 g/mol. The standard InChI is InChI=1S/C17H24N2O3/c18-12-17(7-10-21-11-8-17)16(20)19-14-5-3-9-22-15-6-2-1-4-13(14)15/h1-2,4,6,14H,3,5,7-12,18H2,(H,19,20). The number of hydrogen-bond acceptors (Lipinski definition) is 4. The fourth-order valence-corrected chi connectivity index (χ4v) is 3.27. The number of nitrogens with one attached hydrogen (secondary N) is 1. The van der Waals surface area contributed by atoms with E-state index in [-0.39, 0.29) is 11.9 Å². The van der Waals surface area contributed by atoms with Gasteiger partial charge in [-0.3, -0.25) is 4.79 Å². The third kappa shape index (κ3) is 2.96. The fourth-order valence-electron chi connectivity index (χ4n) is 3.27. The Morgan fingerprint density at radius 1 is 1.27 bits per heavy atom. The summed E-state index contributed by atoms with van der Waals surface area (Å²) in [4.78, 5) is 12.9. The number of hydrogen-bond donors (Lipinski definition) is 2. The van der Waals surface area contributed by atoms with Crippen molar-refractivity contribution in [3.8, 4) is 5.75 Å². The van der Waals surface area contributed by atoms with E-state index in [0.717, 1.165) is 24.2 Å². The molecule has 1 aromatic rings. The Kier molecular flexibility index (Phi) is 4.64. The quantitative estimate of drug-likeness (QED) is 0.892. The van der Waals surface area contributed by atoms with Crippen molar-refractivity contribution in [2.45, 2.75) is 31.7 Å². The van der Waals surface area contributed by atoms with E-state index in [4.69, 9.17) is 15.2 Å². The summed E-state index contributed by atoms with van der Waals surface area (Å²) in [5, 5.41) is 3.22. The lowest BCUT2D eigenvalue weighted by atomic mass is 9.79. The van der Waals surface area contributed by atoms with Crippen molar-refractivity contribution in [3.05, 3.63) is 29.8 Å². The summed E-state index contributed by atoms with van der Waals surface area (Å²) in [6.45, 7) is 2.27. The van der Waals surface area contributed by atoms with Crippen molar-refractivity contribution in [1.29, 1.82) is 0 Å². The summed E-state index contributed by atoms with van der Waals surface area (Å²) in [7, 11) is 0. The predicted molar refractivity (Wildman–Crippen MR) is 83.6 cm³/mol. The Morgan fingerprint density at radius 3 is 2.82 bits per heavy atom. The van der Waals surface area contributed by atoms with Gasteiger partial charge in [-0.25, -0.2) is 0 Å².